The lowest BCUT2D eigenvalue weighted by molar-refractivity contribution is 0.0143. The molecular formula is C15H29NO2. The van der Waals surface area contributed by atoms with Gasteiger partial charge in [0.1, 0.15) is 5.60 Å². The molecule has 0 N–H and O–H groups in total. The minimum atomic E-state index is -0.440. The number of carbonyl (C=O) groups is 1. The van der Waals surface area contributed by atoms with Crippen molar-refractivity contribution in [3.05, 3.63) is 12.7 Å². The molecule has 0 aromatic carbocycles. The summed E-state index contributed by atoms with van der Waals surface area (Å²) in [5, 5.41) is 0. The molecule has 18 heavy (non-hydrogen) atoms. The summed E-state index contributed by atoms with van der Waals surface area (Å²) in [6.45, 7) is 16.4. The highest BCUT2D eigenvalue weighted by Crippen LogP contribution is 2.16. The van der Waals surface area contributed by atoms with E-state index in [9.17, 15) is 4.79 Å². The van der Waals surface area contributed by atoms with E-state index >= 15 is 0 Å². The Kier molecular flexibility index (Phi) is 7.04. The maximum Gasteiger partial charge on any atom is 0.410 e. The van der Waals surface area contributed by atoms with Crippen molar-refractivity contribution in [2.24, 2.45) is 5.92 Å². The zero-order valence-electron chi connectivity index (χ0n) is 12.8. The zero-order valence-corrected chi connectivity index (χ0v) is 12.8. The molecule has 0 saturated heterocycles. The molecule has 0 fully saturated rings. The van der Waals surface area contributed by atoms with Crippen LogP contribution in [0.4, 0.5) is 4.79 Å². The Balaban J connectivity index is 4.65. The molecule has 0 radical (unpaired) electrons. The van der Waals surface area contributed by atoms with Crippen molar-refractivity contribution in [2.75, 3.05) is 6.54 Å². The lowest BCUT2D eigenvalue weighted by Gasteiger charge is -2.32. The van der Waals surface area contributed by atoms with Gasteiger partial charge in [0.25, 0.3) is 0 Å². The summed E-state index contributed by atoms with van der Waals surface area (Å²) in [4.78, 5) is 14.0. The first-order chi connectivity index (χ1) is 8.17. The average molecular weight is 255 g/mol. The van der Waals surface area contributed by atoms with Gasteiger partial charge in [0.05, 0.1) is 0 Å². The molecule has 0 aliphatic carbocycles. The molecular weight excluding hydrogens is 226 g/mol. The molecule has 0 rings (SSSR count). The van der Waals surface area contributed by atoms with Gasteiger partial charge in [0.15, 0.2) is 0 Å². The fourth-order valence-electron chi connectivity index (χ4n) is 1.66. The second-order valence-corrected chi connectivity index (χ2v) is 6.24. The van der Waals surface area contributed by atoms with Gasteiger partial charge in [-0.3, -0.25) is 0 Å². The van der Waals surface area contributed by atoms with Gasteiger partial charge in [-0.25, -0.2) is 4.79 Å². The molecule has 0 aliphatic heterocycles. The Morgan fingerprint density at radius 2 is 1.89 bits per heavy atom. The molecule has 0 heterocycles. The molecule has 0 bridgehead atoms. The molecule has 3 heteroatoms. The summed E-state index contributed by atoms with van der Waals surface area (Å²) >= 11 is 0. The summed E-state index contributed by atoms with van der Waals surface area (Å²) in [6, 6.07) is 0.181. The van der Waals surface area contributed by atoms with E-state index in [0.29, 0.717) is 5.92 Å². The number of allylic oxidation sites excluding steroid dienone is 1. The highest BCUT2D eigenvalue weighted by molar-refractivity contribution is 5.68. The Bertz CT molecular complexity index is 266. The molecule has 1 amide bonds. The van der Waals surface area contributed by atoms with Crippen molar-refractivity contribution in [1.29, 1.82) is 0 Å². The van der Waals surface area contributed by atoms with Crippen molar-refractivity contribution >= 4 is 6.09 Å². The highest BCUT2D eigenvalue weighted by atomic mass is 16.6. The van der Waals surface area contributed by atoms with Crippen LogP contribution < -0.4 is 0 Å². The van der Waals surface area contributed by atoms with Gasteiger partial charge in [-0.05, 0) is 46.5 Å². The predicted molar refractivity (Wildman–Crippen MR) is 76.7 cm³/mol. The van der Waals surface area contributed by atoms with E-state index in [1.807, 2.05) is 31.7 Å². The minimum Gasteiger partial charge on any atom is -0.444 e. The summed E-state index contributed by atoms with van der Waals surface area (Å²) in [7, 11) is 0. The fraction of sp³-hybridized carbons (Fsp3) is 0.800. The molecule has 1 atom stereocenters. The van der Waals surface area contributed by atoms with Crippen LogP contribution in [-0.2, 0) is 4.74 Å². The second-order valence-electron chi connectivity index (χ2n) is 6.24. The van der Waals surface area contributed by atoms with Crippen LogP contribution in [0.5, 0.6) is 0 Å². The van der Waals surface area contributed by atoms with Crippen molar-refractivity contribution in [3.8, 4) is 0 Å². The van der Waals surface area contributed by atoms with E-state index in [-0.39, 0.29) is 12.1 Å². The van der Waals surface area contributed by atoms with Crippen LogP contribution in [0.3, 0.4) is 0 Å². The summed E-state index contributed by atoms with van der Waals surface area (Å²) in [5.41, 5.74) is -0.440. The van der Waals surface area contributed by atoms with Crippen LogP contribution in [-0.4, -0.2) is 29.2 Å². The van der Waals surface area contributed by atoms with Crippen molar-refractivity contribution in [2.45, 2.75) is 66.0 Å². The third-order valence-corrected chi connectivity index (χ3v) is 2.51. The van der Waals surface area contributed by atoms with E-state index in [1.54, 1.807) is 0 Å². The van der Waals surface area contributed by atoms with Gasteiger partial charge in [-0.2, -0.15) is 0 Å². The predicted octanol–water partition coefficient (Wildman–Crippen LogP) is 4.23. The number of ether oxygens (including phenoxy) is 1. The molecule has 0 aromatic rings. The van der Waals surface area contributed by atoms with E-state index in [1.165, 1.54) is 0 Å². The second kappa shape index (κ2) is 7.45. The maximum absolute atomic E-state index is 12.2. The molecule has 0 spiro atoms. The number of carbonyl (C=O) groups excluding carboxylic acids is 1. The zero-order chi connectivity index (χ0) is 14.3. The van der Waals surface area contributed by atoms with Gasteiger partial charge in [-0.15, -0.1) is 6.58 Å². The Morgan fingerprint density at radius 3 is 2.28 bits per heavy atom. The number of nitrogens with zero attached hydrogens (tertiary/aromatic N) is 1. The molecule has 106 valence electrons. The van der Waals surface area contributed by atoms with Crippen LogP contribution in [0, 0.1) is 5.92 Å². The fourth-order valence-corrected chi connectivity index (χ4v) is 1.66. The molecule has 0 unspecified atom stereocenters. The van der Waals surface area contributed by atoms with Crippen LogP contribution in [0.25, 0.3) is 0 Å². The van der Waals surface area contributed by atoms with Gasteiger partial charge in [-0.1, -0.05) is 19.9 Å². The van der Waals surface area contributed by atoms with Gasteiger partial charge >= 0.3 is 6.09 Å². The quantitative estimate of drug-likeness (QED) is 0.665. The van der Waals surface area contributed by atoms with Gasteiger partial charge in [0.2, 0.25) is 0 Å². The highest BCUT2D eigenvalue weighted by Gasteiger charge is 2.26. The van der Waals surface area contributed by atoms with Gasteiger partial charge in [0, 0.05) is 12.6 Å². The summed E-state index contributed by atoms with van der Waals surface area (Å²) < 4.78 is 5.46. The average Bonchev–Trinajstić information content (AvgIpc) is 2.19. The Hall–Kier alpha value is -0.990. The first-order valence-corrected chi connectivity index (χ1v) is 6.78. The monoisotopic (exact) mass is 255 g/mol. The summed E-state index contributed by atoms with van der Waals surface area (Å²) in [6.07, 6.45) is 3.51. The van der Waals surface area contributed by atoms with Gasteiger partial charge < -0.3 is 9.64 Å². The van der Waals surface area contributed by atoms with Crippen LogP contribution in [0.1, 0.15) is 54.4 Å². The van der Waals surface area contributed by atoms with Crippen LogP contribution >= 0.6 is 0 Å². The third-order valence-electron chi connectivity index (χ3n) is 2.51. The lowest BCUT2D eigenvalue weighted by Crippen LogP contribution is -2.44. The number of rotatable bonds is 6. The first-order valence-electron chi connectivity index (χ1n) is 6.78. The topological polar surface area (TPSA) is 29.5 Å². The molecule has 0 aliphatic rings. The molecule has 0 saturated carbocycles. The largest absolute Gasteiger partial charge is 0.444 e. The first kappa shape index (κ1) is 17.0. The Labute approximate surface area is 112 Å². The maximum atomic E-state index is 12.2. The van der Waals surface area contributed by atoms with E-state index in [2.05, 4.69) is 27.4 Å². The van der Waals surface area contributed by atoms with E-state index < -0.39 is 5.60 Å². The lowest BCUT2D eigenvalue weighted by atomic mass is 10.1. The SMILES string of the molecule is C=CCC[C@@H](C)N(CC(C)C)C(=O)OC(C)(C)C. The molecule has 0 aromatic heterocycles. The standard InChI is InChI=1S/C15H29NO2/c1-8-9-10-13(4)16(11-12(2)3)14(17)18-15(5,6)7/h8,12-13H,1,9-11H2,2-7H3/t13-/m1/s1. The minimum absolute atomic E-state index is 0.181. The van der Waals surface area contributed by atoms with E-state index in [4.69, 9.17) is 4.74 Å². The third kappa shape index (κ3) is 7.36. The van der Waals surface area contributed by atoms with Crippen molar-refractivity contribution in [3.63, 3.8) is 0 Å². The number of hydrogen-bond donors (Lipinski definition) is 0. The smallest absolute Gasteiger partial charge is 0.410 e. The van der Waals surface area contributed by atoms with Crippen molar-refractivity contribution in [1.82, 2.24) is 4.90 Å². The van der Waals surface area contributed by atoms with Crippen LogP contribution in [0.15, 0.2) is 12.7 Å². The number of amides is 1. The number of hydrogen-bond acceptors (Lipinski definition) is 2. The van der Waals surface area contributed by atoms with E-state index in [0.717, 1.165) is 19.4 Å². The van der Waals surface area contributed by atoms with Crippen LogP contribution in [0.2, 0.25) is 0 Å². The molecule has 3 nitrogen and oxygen atoms in total. The van der Waals surface area contributed by atoms with Crippen molar-refractivity contribution < 1.29 is 9.53 Å². The summed E-state index contributed by atoms with van der Waals surface area (Å²) in [5.74, 6) is 0.434. The normalized spacial score (nSPS) is 13.3. The Morgan fingerprint density at radius 1 is 1.33 bits per heavy atom.